The highest BCUT2D eigenvalue weighted by molar-refractivity contribution is 4.99. The monoisotopic (exact) mass is 183 g/mol. The summed E-state index contributed by atoms with van der Waals surface area (Å²) in [4.78, 5) is 0. The summed E-state index contributed by atoms with van der Waals surface area (Å²) in [6.07, 6.45) is 6.75. The summed E-state index contributed by atoms with van der Waals surface area (Å²) in [7, 11) is 0. The smallest absolute Gasteiger partial charge is 0.0834 e. The molecular formula is C11H21NO. The zero-order valence-electron chi connectivity index (χ0n) is 8.59. The second-order valence-electron chi connectivity index (χ2n) is 4.62. The third kappa shape index (κ3) is 1.50. The van der Waals surface area contributed by atoms with Gasteiger partial charge in [0.05, 0.1) is 5.60 Å². The first-order chi connectivity index (χ1) is 6.30. The third-order valence-electron chi connectivity index (χ3n) is 4.00. The van der Waals surface area contributed by atoms with Crippen LogP contribution in [0.3, 0.4) is 0 Å². The lowest BCUT2D eigenvalue weighted by atomic mass is 9.62. The standard InChI is InChI=1S/C11H21NO/c1-2-13-11(8-12)7-9-3-5-10(11)6-4-9/h9-10H,2-8,12H2,1H3. The van der Waals surface area contributed by atoms with Gasteiger partial charge in [-0.2, -0.15) is 0 Å². The van der Waals surface area contributed by atoms with Crippen molar-refractivity contribution >= 4 is 0 Å². The van der Waals surface area contributed by atoms with E-state index in [4.69, 9.17) is 10.5 Å². The Morgan fingerprint density at radius 1 is 1.31 bits per heavy atom. The zero-order chi connectivity index (χ0) is 9.31. The Morgan fingerprint density at radius 2 is 2.00 bits per heavy atom. The van der Waals surface area contributed by atoms with Crippen LogP contribution >= 0.6 is 0 Å². The van der Waals surface area contributed by atoms with Crippen LogP contribution in [0.5, 0.6) is 0 Å². The van der Waals surface area contributed by atoms with E-state index in [0.717, 1.165) is 25.0 Å². The van der Waals surface area contributed by atoms with Gasteiger partial charge in [-0.05, 0) is 50.9 Å². The van der Waals surface area contributed by atoms with Crippen molar-refractivity contribution in [2.75, 3.05) is 13.2 Å². The maximum atomic E-state index is 5.93. The van der Waals surface area contributed by atoms with Crippen molar-refractivity contribution in [3.63, 3.8) is 0 Å². The molecule has 0 aromatic rings. The van der Waals surface area contributed by atoms with Crippen LogP contribution < -0.4 is 5.73 Å². The first-order valence-electron chi connectivity index (χ1n) is 5.65. The molecule has 3 aliphatic carbocycles. The van der Waals surface area contributed by atoms with Gasteiger partial charge in [-0.1, -0.05) is 0 Å². The lowest BCUT2D eigenvalue weighted by Crippen LogP contribution is -2.54. The molecule has 2 N–H and O–H groups in total. The Hall–Kier alpha value is -0.0800. The molecule has 1 atom stereocenters. The van der Waals surface area contributed by atoms with Gasteiger partial charge in [0.1, 0.15) is 0 Å². The molecule has 0 radical (unpaired) electrons. The summed E-state index contributed by atoms with van der Waals surface area (Å²) >= 11 is 0. The molecule has 2 nitrogen and oxygen atoms in total. The minimum Gasteiger partial charge on any atom is -0.374 e. The summed E-state index contributed by atoms with van der Waals surface area (Å²) in [5, 5.41) is 0. The van der Waals surface area contributed by atoms with Crippen LogP contribution in [0, 0.1) is 11.8 Å². The molecule has 0 heterocycles. The van der Waals surface area contributed by atoms with Gasteiger partial charge in [0.25, 0.3) is 0 Å². The number of hydrogen-bond acceptors (Lipinski definition) is 2. The first-order valence-corrected chi connectivity index (χ1v) is 5.65. The van der Waals surface area contributed by atoms with Crippen LogP contribution in [0.4, 0.5) is 0 Å². The van der Waals surface area contributed by atoms with Crippen molar-refractivity contribution in [2.24, 2.45) is 17.6 Å². The maximum Gasteiger partial charge on any atom is 0.0834 e. The van der Waals surface area contributed by atoms with E-state index in [2.05, 4.69) is 6.92 Å². The maximum absolute atomic E-state index is 5.93. The van der Waals surface area contributed by atoms with Gasteiger partial charge >= 0.3 is 0 Å². The highest BCUT2D eigenvalue weighted by atomic mass is 16.5. The molecule has 2 bridgehead atoms. The predicted molar refractivity (Wildman–Crippen MR) is 53.5 cm³/mol. The van der Waals surface area contributed by atoms with Gasteiger partial charge < -0.3 is 10.5 Å². The van der Waals surface area contributed by atoms with Crippen molar-refractivity contribution in [1.29, 1.82) is 0 Å². The van der Waals surface area contributed by atoms with Crippen LogP contribution in [0.25, 0.3) is 0 Å². The highest BCUT2D eigenvalue weighted by Crippen LogP contribution is 2.48. The molecule has 0 saturated heterocycles. The highest BCUT2D eigenvalue weighted by Gasteiger charge is 2.47. The average molecular weight is 183 g/mol. The fourth-order valence-electron chi connectivity index (χ4n) is 3.32. The molecule has 3 fully saturated rings. The normalized spacial score (nSPS) is 43.8. The summed E-state index contributed by atoms with van der Waals surface area (Å²) < 4.78 is 5.93. The molecule has 13 heavy (non-hydrogen) atoms. The largest absolute Gasteiger partial charge is 0.374 e. The van der Waals surface area contributed by atoms with Crippen molar-refractivity contribution < 1.29 is 4.74 Å². The predicted octanol–water partition coefficient (Wildman–Crippen LogP) is 1.93. The Morgan fingerprint density at radius 3 is 2.38 bits per heavy atom. The fraction of sp³-hybridized carbons (Fsp3) is 1.00. The van der Waals surface area contributed by atoms with Crippen LogP contribution in [0.1, 0.15) is 39.0 Å². The van der Waals surface area contributed by atoms with Crippen molar-refractivity contribution in [1.82, 2.24) is 0 Å². The summed E-state index contributed by atoms with van der Waals surface area (Å²) in [5.41, 5.74) is 5.95. The molecule has 0 aromatic carbocycles. The van der Waals surface area contributed by atoms with Gasteiger partial charge in [0.15, 0.2) is 0 Å². The van der Waals surface area contributed by atoms with E-state index in [1.807, 2.05) is 0 Å². The molecule has 1 unspecified atom stereocenters. The number of ether oxygens (including phenoxy) is 1. The van der Waals surface area contributed by atoms with Crippen molar-refractivity contribution in [3.05, 3.63) is 0 Å². The quantitative estimate of drug-likeness (QED) is 0.725. The lowest BCUT2D eigenvalue weighted by Gasteiger charge is -2.50. The Bertz CT molecular complexity index is 175. The molecule has 0 aromatic heterocycles. The fourth-order valence-corrected chi connectivity index (χ4v) is 3.32. The van der Waals surface area contributed by atoms with E-state index in [-0.39, 0.29) is 5.60 Å². The minimum absolute atomic E-state index is 0.0654. The Balaban J connectivity index is 2.10. The third-order valence-corrected chi connectivity index (χ3v) is 4.00. The number of fused-ring (bicyclic) bond motifs is 3. The van der Waals surface area contributed by atoms with Gasteiger partial charge in [0, 0.05) is 13.2 Å². The SMILES string of the molecule is CCOC1(CN)CC2CCC1CC2. The van der Waals surface area contributed by atoms with E-state index in [1.54, 1.807) is 0 Å². The number of nitrogens with two attached hydrogens (primary N) is 1. The second kappa shape index (κ2) is 3.58. The van der Waals surface area contributed by atoms with E-state index < -0.39 is 0 Å². The van der Waals surface area contributed by atoms with E-state index in [0.29, 0.717) is 0 Å². The van der Waals surface area contributed by atoms with E-state index in [1.165, 1.54) is 32.1 Å². The van der Waals surface area contributed by atoms with Gasteiger partial charge in [-0.25, -0.2) is 0 Å². The second-order valence-corrected chi connectivity index (χ2v) is 4.62. The molecule has 3 aliphatic rings. The van der Waals surface area contributed by atoms with E-state index >= 15 is 0 Å². The molecule has 0 spiro atoms. The van der Waals surface area contributed by atoms with Gasteiger partial charge in [-0.3, -0.25) is 0 Å². The van der Waals surface area contributed by atoms with Crippen LogP contribution in [0.15, 0.2) is 0 Å². The summed E-state index contributed by atoms with van der Waals surface area (Å²) in [6, 6.07) is 0. The van der Waals surface area contributed by atoms with E-state index in [9.17, 15) is 0 Å². The van der Waals surface area contributed by atoms with Crippen LogP contribution in [-0.4, -0.2) is 18.8 Å². The van der Waals surface area contributed by atoms with Crippen LogP contribution in [-0.2, 0) is 4.74 Å². The summed E-state index contributed by atoms with van der Waals surface area (Å²) in [5.74, 6) is 1.66. The molecular weight excluding hydrogens is 162 g/mol. The molecule has 0 aliphatic heterocycles. The molecule has 76 valence electrons. The molecule has 3 rings (SSSR count). The summed E-state index contributed by atoms with van der Waals surface area (Å²) in [6.45, 7) is 3.63. The van der Waals surface area contributed by atoms with Crippen molar-refractivity contribution in [2.45, 2.75) is 44.6 Å². The molecule has 0 amide bonds. The topological polar surface area (TPSA) is 35.2 Å². The number of rotatable bonds is 3. The zero-order valence-corrected chi connectivity index (χ0v) is 8.59. The van der Waals surface area contributed by atoms with Crippen LogP contribution in [0.2, 0.25) is 0 Å². The molecule has 3 saturated carbocycles. The lowest BCUT2D eigenvalue weighted by molar-refractivity contribution is -0.134. The van der Waals surface area contributed by atoms with Gasteiger partial charge in [0.2, 0.25) is 0 Å². The first kappa shape index (κ1) is 9.47. The van der Waals surface area contributed by atoms with Gasteiger partial charge in [-0.15, -0.1) is 0 Å². The minimum atomic E-state index is 0.0654. The average Bonchev–Trinajstić information content (AvgIpc) is 2.20. The Kier molecular flexibility index (Phi) is 2.61. The number of hydrogen-bond donors (Lipinski definition) is 1. The van der Waals surface area contributed by atoms with Crippen molar-refractivity contribution in [3.8, 4) is 0 Å². The molecule has 2 heteroatoms. The Labute approximate surface area is 80.8 Å².